The number of primary amides is 1. The van der Waals surface area contributed by atoms with Crippen molar-refractivity contribution in [2.45, 2.75) is 77.0 Å². The monoisotopic (exact) mass is 282 g/mol. The van der Waals surface area contributed by atoms with E-state index in [4.69, 9.17) is 10.5 Å². The Morgan fingerprint density at radius 1 is 1.25 bits per heavy atom. The first-order chi connectivity index (χ1) is 9.39. The lowest BCUT2D eigenvalue weighted by Gasteiger charge is -2.33. The number of hydrogen-bond donors (Lipinski definition) is 2. The number of rotatable bonds is 7. The van der Waals surface area contributed by atoms with Crippen molar-refractivity contribution in [3.63, 3.8) is 0 Å². The average molecular weight is 282 g/mol. The molecule has 2 aliphatic carbocycles. The molecule has 3 unspecified atom stereocenters. The van der Waals surface area contributed by atoms with Crippen LogP contribution in [0.3, 0.4) is 0 Å². The fourth-order valence-corrected chi connectivity index (χ4v) is 3.38. The van der Waals surface area contributed by atoms with Gasteiger partial charge in [-0.2, -0.15) is 0 Å². The van der Waals surface area contributed by atoms with Crippen LogP contribution < -0.4 is 11.1 Å². The summed E-state index contributed by atoms with van der Waals surface area (Å²) in [5.74, 6) is 1.23. The highest BCUT2D eigenvalue weighted by molar-refractivity contribution is 5.84. The maximum atomic E-state index is 11.7. The fourth-order valence-electron chi connectivity index (χ4n) is 3.38. The molecule has 2 saturated carbocycles. The van der Waals surface area contributed by atoms with Crippen LogP contribution in [-0.4, -0.2) is 30.2 Å². The summed E-state index contributed by atoms with van der Waals surface area (Å²) < 4.78 is 6.02. The Labute approximate surface area is 122 Å². The van der Waals surface area contributed by atoms with Crippen molar-refractivity contribution in [3.05, 3.63) is 0 Å². The lowest BCUT2D eigenvalue weighted by Crippen LogP contribution is -2.54. The summed E-state index contributed by atoms with van der Waals surface area (Å²) in [7, 11) is 0. The van der Waals surface area contributed by atoms with Crippen LogP contribution in [0, 0.1) is 11.8 Å². The molecule has 3 atom stereocenters. The van der Waals surface area contributed by atoms with Crippen LogP contribution >= 0.6 is 0 Å². The number of carbonyl (C=O) groups excluding carboxylic acids is 1. The van der Waals surface area contributed by atoms with E-state index in [1.165, 1.54) is 6.42 Å². The predicted molar refractivity (Wildman–Crippen MR) is 80.3 cm³/mol. The summed E-state index contributed by atoms with van der Waals surface area (Å²) in [6.07, 6.45) is 6.93. The minimum Gasteiger partial charge on any atom is -0.378 e. The van der Waals surface area contributed by atoms with Crippen LogP contribution in [0.25, 0.3) is 0 Å². The summed E-state index contributed by atoms with van der Waals surface area (Å²) in [5.41, 5.74) is 4.94. The van der Waals surface area contributed by atoms with E-state index in [0.29, 0.717) is 25.2 Å². The Bertz CT molecular complexity index is 333. The van der Waals surface area contributed by atoms with E-state index in [0.717, 1.165) is 37.5 Å². The first-order valence-corrected chi connectivity index (χ1v) is 8.08. The quantitative estimate of drug-likeness (QED) is 0.752. The Balaban J connectivity index is 1.76. The van der Waals surface area contributed by atoms with E-state index in [1.807, 2.05) is 6.92 Å². The lowest BCUT2D eigenvalue weighted by molar-refractivity contribution is -0.125. The third-order valence-electron chi connectivity index (χ3n) is 4.73. The Kier molecular flexibility index (Phi) is 5.08. The maximum absolute atomic E-state index is 11.7. The van der Waals surface area contributed by atoms with Gasteiger partial charge in [-0.3, -0.25) is 4.79 Å². The highest BCUT2D eigenvalue weighted by atomic mass is 16.5. The molecular weight excluding hydrogens is 252 g/mol. The van der Waals surface area contributed by atoms with Crippen LogP contribution in [-0.2, 0) is 9.53 Å². The first kappa shape index (κ1) is 15.8. The molecule has 20 heavy (non-hydrogen) atoms. The first-order valence-electron chi connectivity index (χ1n) is 8.08. The van der Waals surface area contributed by atoms with E-state index >= 15 is 0 Å². The number of carbonyl (C=O) groups is 1. The van der Waals surface area contributed by atoms with Gasteiger partial charge in [0.2, 0.25) is 5.91 Å². The Hall–Kier alpha value is -0.610. The molecule has 4 heteroatoms. The summed E-state index contributed by atoms with van der Waals surface area (Å²) in [4.78, 5) is 11.7. The Morgan fingerprint density at radius 2 is 1.85 bits per heavy atom. The predicted octanol–water partition coefficient (Wildman–Crippen LogP) is 2.21. The van der Waals surface area contributed by atoms with Gasteiger partial charge in [-0.05, 0) is 57.3 Å². The molecule has 2 aliphatic rings. The summed E-state index contributed by atoms with van der Waals surface area (Å²) >= 11 is 0. The number of nitrogens with two attached hydrogens (primary N) is 1. The van der Waals surface area contributed by atoms with E-state index in [1.54, 1.807) is 0 Å². The molecule has 0 spiro atoms. The molecular formula is C16H30N2O2. The van der Waals surface area contributed by atoms with Crippen LogP contribution in [0.2, 0.25) is 0 Å². The molecule has 4 nitrogen and oxygen atoms in total. The van der Waals surface area contributed by atoms with Gasteiger partial charge >= 0.3 is 0 Å². The van der Waals surface area contributed by atoms with Gasteiger partial charge in [0.1, 0.15) is 0 Å². The maximum Gasteiger partial charge on any atom is 0.237 e. The smallest absolute Gasteiger partial charge is 0.237 e. The summed E-state index contributed by atoms with van der Waals surface area (Å²) in [5, 5.41) is 3.37. The van der Waals surface area contributed by atoms with Gasteiger partial charge in [0.05, 0.1) is 11.6 Å². The minimum atomic E-state index is -0.618. The van der Waals surface area contributed by atoms with E-state index in [-0.39, 0.29) is 5.91 Å². The zero-order valence-corrected chi connectivity index (χ0v) is 13.2. The molecule has 2 fully saturated rings. The van der Waals surface area contributed by atoms with Crippen molar-refractivity contribution >= 4 is 5.91 Å². The van der Waals surface area contributed by atoms with Crippen LogP contribution in [0.5, 0.6) is 0 Å². The molecule has 0 aliphatic heterocycles. The van der Waals surface area contributed by atoms with Crippen molar-refractivity contribution in [1.82, 2.24) is 5.32 Å². The molecule has 0 bridgehead atoms. The molecule has 0 heterocycles. The second-order valence-electron chi connectivity index (χ2n) is 7.28. The van der Waals surface area contributed by atoms with E-state index in [2.05, 4.69) is 19.2 Å². The van der Waals surface area contributed by atoms with Gasteiger partial charge in [0, 0.05) is 12.6 Å². The lowest BCUT2D eigenvalue weighted by atomic mass is 9.82. The average Bonchev–Trinajstić information content (AvgIpc) is 3.11. The second kappa shape index (κ2) is 6.44. The standard InChI is InChI=1S/C16H30N2O2/c1-11-8-12(2)10-14(9-11)20-7-6-16(3,15(17)19)18-13-4-5-13/h11-14,18H,4-10H2,1-3H3,(H2,17,19). The van der Waals surface area contributed by atoms with Gasteiger partial charge in [0.25, 0.3) is 0 Å². The highest BCUT2D eigenvalue weighted by Gasteiger charge is 2.37. The number of nitrogens with one attached hydrogen (secondary N) is 1. The summed E-state index contributed by atoms with van der Waals surface area (Å²) in [6, 6.07) is 0.474. The Morgan fingerprint density at radius 3 is 2.35 bits per heavy atom. The topological polar surface area (TPSA) is 64.3 Å². The normalized spacial score (nSPS) is 33.6. The fraction of sp³-hybridized carbons (Fsp3) is 0.938. The number of ether oxygens (including phenoxy) is 1. The van der Waals surface area contributed by atoms with Crippen LogP contribution in [0.15, 0.2) is 0 Å². The molecule has 116 valence electrons. The molecule has 2 rings (SSSR count). The largest absolute Gasteiger partial charge is 0.378 e. The third kappa shape index (κ3) is 4.45. The van der Waals surface area contributed by atoms with Crippen LogP contribution in [0.4, 0.5) is 0 Å². The molecule has 0 aromatic heterocycles. The number of hydrogen-bond acceptors (Lipinski definition) is 3. The van der Waals surface area contributed by atoms with Crippen molar-refractivity contribution in [2.24, 2.45) is 17.6 Å². The molecule has 0 saturated heterocycles. The van der Waals surface area contributed by atoms with Crippen molar-refractivity contribution in [1.29, 1.82) is 0 Å². The minimum absolute atomic E-state index is 0.265. The molecule has 0 radical (unpaired) electrons. The van der Waals surface area contributed by atoms with Crippen molar-refractivity contribution in [3.8, 4) is 0 Å². The van der Waals surface area contributed by atoms with E-state index in [9.17, 15) is 4.79 Å². The van der Waals surface area contributed by atoms with Gasteiger partial charge in [-0.1, -0.05) is 13.8 Å². The third-order valence-corrected chi connectivity index (χ3v) is 4.73. The van der Waals surface area contributed by atoms with Crippen LogP contribution in [0.1, 0.15) is 59.3 Å². The molecule has 3 N–H and O–H groups in total. The van der Waals surface area contributed by atoms with Crippen molar-refractivity contribution in [2.75, 3.05) is 6.61 Å². The zero-order chi connectivity index (χ0) is 14.8. The zero-order valence-electron chi connectivity index (χ0n) is 13.2. The van der Waals surface area contributed by atoms with Gasteiger partial charge in [-0.25, -0.2) is 0 Å². The van der Waals surface area contributed by atoms with Gasteiger partial charge in [-0.15, -0.1) is 0 Å². The summed E-state index contributed by atoms with van der Waals surface area (Å²) in [6.45, 7) is 7.12. The second-order valence-corrected chi connectivity index (χ2v) is 7.28. The highest BCUT2D eigenvalue weighted by Crippen LogP contribution is 2.31. The SMILES string of the molecule is CC1CC(C)CC(OCCC(C)(NC2CC2)C(N)=O)C1. The molecule has 0 aromatic rings. The van der Waals surface area contributed by atoms with Crippen molar-refractivity contribution < 1.29 is 9.53 Å². The molecule has 1 amide bonds. The number of amides is 1. The van der Waals surface area contributed by atoms with E-state index < -0.39 is 5.54 Å². The van der Waals surface area contributed by atoms with Gasteiger partial charge < -0.3 is 15.8 Å². The van der Waals surface area contributed by atoms with Gasteiger partial charge in [0.15, 0.2) is 0 Å². The molecule has 0 aromatic carbocycles.